The van der Waals surface area contributed by atoms with E-state index in [-0.39, 0.29) is 5.69 Å². The molecule has 4 nitrogen and oxygen atoms in total. The molecule has 0 aromatic heterocycles. The summed E-state index contributed by atoms with van der Waals surface area (Å²) >= 11 is 2.98. The predicted octanol–water partition coefficient (Wildman–Crippen LogP) is 2.84. The molecule has 0 heterocycles. The molecule has 0 unspecified atom stereocenters. The molecule has 0 spiro atoms. The van der Waals surface area contributed by atoms with E-state index in [4.69, 9.17) is 5.73 Å². The molecule has 1 aromatic rings. The zero-order valence-corrected chi connectivity index (χ0v) is 9.22. The van der Waals surface area contributed by atoms with Crippen LogP contribution in [0, 0.1) is 0 Å². The van der Waals surface area contributed by atoms with Gasteiger partial charge in [-0.05, 0) is 18.2 Å². The van der Waals surface area contributed by atoms with Gasteiger partial charge in [-0.2, -0.15) is 0 Å². The number of alkyl halides is 3. The number of urea groups is 1. The van der Waals surface area contributed by atoms with E-state index >= 15 is 0 Å². The molecular weight excluding hydrogens is 293 g/mol. The summed E-state index contributed by atoms with van der Waals surface area (Å²) in [6.07, 6.45) is -4.84. The van der Waals surface area contributed by atoms with Crippen LogP contribution in [-0.2, 0) is 0 Å². The number of ether oxygens (including phenoxy) is 1. The van der Waals surface area contributed by atoms with Crippen LogP contribution in [0.1, 0.15) is 0 Å². The molecule has 1 rings (SSSR count). The summed E-state index contributed by atoms with van der Waals surface area (Å²) in [6.45, 7) is 0. The van der Waals surface area contributed by atoms with Crippen molar-refractivity contribution in [3.63, 3.8) is 0 Å². The van der Waals surface area contributed by atoms with Crippen molar-refractivity contribution in [2.24, 2.45) is 5.73 Å². The number of amides is 2. The second kappa shape index (κ2) is 4.60. The lowest BCUT2D eigenvalue weighted by Gasteiger charge is -2.13. The third kappa shape index (κ3) is 3.97. The smallest absolute Gasteiger partial charge is 0.404 e. The van der Waals surface area contributed by atoms with Crippen LogP contribution in [0.25, 0.3) is 0 Å². The van der Waals surface area contributed by atoms with Gasteiger partial charge in [0.1, 0.15) is 0 Å². The van der Waals surface area contributed by atoms with E-state index in [1.807, 2.05) is 5.32 Å². The standard InChI is InChI=1S/C8H6BrF3N2O2/c9-4-1-2-5(14-7(13)15)6(3-4)16-8(10,11)12/h1-3H,(H3,13,14,15). The molecule has 88 valence electrons. The fraction of sp³-hybridized carbons (Fsp3) is 0.125. The number of carbonyl (C=O) groups is 1. The number of rotatable bonds is 2. The van der Waals surface area contributed by atoms with E-state index in [1.165, 1.54) is 12.1 Å². The third-order valence-corrected chi connectivity index (χ3v) is 1.92. The van der Waals surface area contributed by atoms with Gasteiger partial charge in [0.05, 0.1) is 5.69 Å². The molecule has 0 aliphatic carbocycles. The first-order valence-electron chi connectivity index (χ1n) is 3.90. The first-order chi connectivity index (χ1) is 7.28. The maximum absolute atomic E-state index is 12.0. The topological polar surface area (TPSA) is 64.4 Å². The minimum atomic E-state index is -4.84. The van der Waals surface area contributed by atoms with E-state index in [9.17, 15) is 18.0 Å². The van der Waals surface area contributed by atoms with E-state index in [1.54, 1.807) is 0 Å². The third-order valence-electron chi connectivity index (χ3n) is 1.43. The molecule has 16 heavy (non-hydrogen) atoms. The van der Waals surface area contributed by atoms with Crippen LogP contribution in [0.15, 0.2) is 22.7 Å². The fourth-order valence-corrected chi connectivity index (χ4v) is 1.28. The molecule has 0 bridgehead atoms. The number of anilines is 1. The van der Waals surface area contributed by atoms with Crippen LogP contribution in [0.3, 0.4) is 0 Å². The van der Waals surface area contributed by atoms with Crippen LogP contribution in [0.5, 0.6) is 5.75 Å². The lowest BCUT2D eigenvalue weighted by molar-refractivity contribution is -0.274. The van der Waals surface area contributed by atoms with Gasteiger partial charge in [0.2, 0.25) is 0 Å². The maximum atomic E-state index is 12.0. The molecule has 0 radical (unpaired) electrons. The van der Waals surface area contributed by atoms with Crippen LogP contribution in [0.4, 0.5) is 23.7 Å². The highest BCUT2D eigenvalue weighted by Gasteiger charge is 2.32. The number of halogens is 4. The fourth-order valence-electron chi connectivity index (χ4n) is 0.941. The molecule has 0 aliphatic heterocycles. The quantitative estimate of drug-likeness (QED) is 0.882. The van der Waals surface area contributed by atoms with E-state index < -0.39 is 18.1 Å². The first kappa shape index (κ1) is 12.6. The molecule has 0 atom stereocenters. The molecule has 3 N–H and O–H groups in total. The first-order valence-corrected chi connectivity index (χ1v) is 4.69. The molecule has 8 heteroatoms. The maximum Gasteiger partial charge on any atom is 0.573 e. The molecular formula is C8H6BrF3N2O2. The monoisotopic (exact) mass is 298 g/mol. The Morgan fingerprint density at radius 2 is 2.06 bits per heavy atom. The molecule has 0 fully saturated rings. The largest absolute Gasteiger partial charge is 0.573 e. The highest BCUT2D eigenvalue weighted by molar-refractivity contribution is 9.10. The van der Waals surface area contributed by atoms with Crippen molar-refractivity contribution in [1.29, 1.82) is 0 Å². The van der Waals surface area contributed by atoms with E-state index in [0.29, 0.717) is 4.47 Å². The van der Waals surface area contributed by atoms with Gasteiger partial charge in [-0.3, -0.25) is 0 Å². The number of nitrogens with one attached hydrogen (secondary N) is 1. The number of primary amides is 1. The average Bonchev–Trinajstić information content (AvgIpc) is 2.06. The summed E-state index contributed by atoms with van der Waals surface area (Å²) in [4.78, 5) is 10.5. The van der Waals surface area contributed by atoms with Crippen molar-refractivity contribution >= 4 is 27.6 Å². The Bertz CT molecular complexity index is 409. The highest BCUT2D eigenvalue weighted by atomic mass is 79.9. The van der Waals surface area contributed by atoms with Gasteiger partial charge in [0, 0.05) is 4.47 Å². The van der Waals surface area contributed by atoms with E-state index in [0.717, 1.165) is 6.07 Å². The Hall–Kier alpha value is -1.44. The SMILES string of the molecule is NC(=O)Nc1ccc(Br)cc1OC(F)(F)F. The lowest BCUT2D eigenvalue weighted by Crippen LogP contribution is -2.22. The van der Waals surface area contributed by atoms with Crippen molar-refractivity contribution in [2.45, 2.75) is 6.36 Å². The predicted molar refractivity (Wildman–Crippen MR) is 54.0 cm³/mol. The Labute approximate surface area is 96.7 Å². The second-order valence-corrected chi connectivity index (χ2v) is 3.59. The van der Waals surface area contributed by atoms with Crippen molar-refractivity contribution in [1.82, 2.24) is 0 Å². The number of hydrogen-bond acceptors (Lipinski definition) is 2. The van der Waals surface area contributed by atoms with Crippen molar-refractivity contribution in [3.8, 4) is 5.75 Å². The summed E-state index contributed by atoms with van der Waals surface area (Å²) in [5.41, 5.74) is 4.64. The summed E-state index contributed by atoms with van der Waals surface area (Å²) < 4.78 is 40.1. The average molecular weight is 299 g/mol. The van der Waals surface area contributed by atoms with Crippen LogP contribution < -0.4 is 15.8 Å². The number of benzene rings is 1. The zero-order valence-electron chi connectivity index (χ0n) is 7.64. The molecule has 0 saturated heterocycles. The Morgan fingerprint density at radius 3 is 2.56 bits per heavy atom. The van der Waals surface area contributed by atoms with Crippen molar-refractivity contribution < 1.29 is 22.7 Å². The van der Waals surface area contributed by atoms with Crippen LogP contribution >= 0.6 is 15.9 Å². The Morgan fingerprint density at radius 1 is 1.44 bits per heavy atom. The molecule has 1 aromatic carbocycles. The Balaban J connectivity index is 3.03. The van der Waals surface area contributed by atoms with E-state index in [2.05, 4.69) is 20.7 Å². The normalized spacial score (nSPS) is 11.0. The number of nitrogens with two attached hydrogens (primary N) is 1. The van der Waals surface area contributed by atoms with Gasteiger partial charge in [0.15, 0.2) is 5.75 Å². The molecule has 0 saturated carbocycles. The second-order valence-electron chi connectivity index (χ2n) is 2.68. The number of hydrogen-bond donors (Lipinski definition) is 2. The van der Waals surface area contributed by atoms with Crippen molar-refractivity contribution in [3.05, 3.63) is 22.7 Å². The van der Waals surface area contributed by atoms with Gasteiger partial charge in [-0.15, -0.1) is 13.2 Å². The number of carbonyl (C=O) groups excluding carboxylic acids is 1. The summed E-state index contributed by atoms with van der Waals surface area (Å²) in [5.74, 6) is -0.541. The summed E-state index contributed by atoms with van der Waals surface area (Å²) in [7, 11) is 0. The molecule has 2 amide bonds. The minimum Gasteiger partial charge on any atom is -0.404 e. The van der Waals surface area contributed by atoms with Crippen molar-refractivity contribution in [2.75, 3.05) is 5.32 Å². The lowest BCUT2D eigenvalue weighted by atomic mass is 10.3. The van der Waals surface area contributed by atoms with Gasteiger partial charge < -0.3 is 15.8 Å². The highest BCUT2D eigenvalue weighted by Crippen LogP contribution is 2.32. The van der Waals surface area contributed by atoms with Gasteiger partial charge in [-0.25, -0.2) is 4.79 Å². The minimum absolute atomic E-state index is 0.159. The van der Waals surface area contributed by atoms with Crippen LogP contribution in [-0.4, -0.2) is 12.4 Å². The zero-order chi connectivity index (χ0) is 12.3. The van der Waals surface area contributed by atoms with Gasteiger partial charge in [0.25, 0.3) is 0 Å². The summed E-state index contributed by atoms with van der Waals surface area (Å²) in [6, 6.07) is 2.76. The van der Waals surface area contributed by atoms with Gasteiger partial charge in [-0.1, -0.05) is 15.9 Å². The summed E-state index contributed by atoms with van der Waals surface area (Å²) in [5, 5.41) is 2.02. The molecule has 0 aliphatic rings. The van der Waals surface area contributed by atoms with Crippen LogP contribution in [0.2, 0.25) is 0 Å². The van der Waals surface area contributed by atoms with Gasteiger partial charge >= 0.3 is 12.4 Å². The Kier molecular flexibility index (Phi) is 3.63.